The van der Waals surface area contributed by atoms with Gasteiger partial charge in [-0.25, -0.2) is 9.97 Å². The summed E-state index contributed by atoms with van der Waals surface area (Å²) in [4.78, 5) is 12.9. The standard InChI is InChI=1S/C22H22F3N5O2S/c1-31-18-11-16-17(12-19(18)32-2)26-13-27-20(16)29-6-8-30(9-7-29)21(33)28-15-5-3-4-14(10-15)22(23,24)25/h3-5,10-13H,6-9H2,1-2H3,(H,28,33). The fourth-order valence-electron chi connectivity index (χ4n) is 3.72. The summed E-state index contributed by atoms with van der Waals surface area (Å²) in [6, 6.07) is 8.67. The minimum absolute atomic E-state index is 0.306. The molecule has 2 heterocycles. The van der Waals surface area contributed by atoms with E-state index in [1.54, 1.807) is 20.3 Å². The highest BCUT2D eigenvalue weighted by molar-refractivity contribution is 7.80. The number of alkyl halides is 3. The van der Waals surface area contributed by atoms with Gasteiger partial charge in [-0.3, -0.25) is 0 Å². The van der Waals surface area contributed by atoms with Crippen molar-refractivity contribution in [3.8, 4) is 11.5 Å². The molecule has 0 unspecified atom stereocenters. The quantitative estimate of drug-likeness (QED) is 0.562. The van der Waals surface area contributed by atoms with Crippen LogP contribution >= 0.6 is 12.2 Å². The summed E-state index contributed by atoms with van der Waals surface area (Å²) in [5.74, 6) is 1.95. The molecule has 0 amide bonds. The number of hydrogen-bond donors (Lipinski definition) is 1. The summed E-state index contributed by atoms with van der Waals surface area (Å²) in [6.07, 6.45) is -2.90. The van der Waals surface area contributed by atoms with Gasteiger partial charge < -0.3 is 24.6 Å². The fourth-order valence-corrected chi connectivity index (χ4v) is 4.02. The highest BCUT2D eigenvalue weighted by Gasteiger charge is 2.30. The summed E-state index contributed by atoms with van der Waals surface area (Å²) in [5.41, 5.74) is 0.324. The highest BCUT2D eigenvalue weighted by atomic mass is 32.1. The van der Waals surface area contributed by atoms with Gasteiger partial charge in [0.1, 0.15) is 12.1 Å². The summed E-state index contributed by atoms with van der Waals surface area (Å²) < 4.78 is 49.7. The van der Waals surface area contributed by atoms with Crippen molar-refractivity contribution in [3.63, 3.8) is 0 Å². The van der Waals surface area contributed by atoms with Gasteiger partial charge in [0, 0.05) is 43.3 Å². The van der Waals surface area contributed by atoms with E-state index in [0.29, 0.717) is 48.5 Å². The van der Waals surface area contributed by atoms with Crippen LogP contribution in [0.15, 0.2) is 42.7 Å². The molecule has 1 saturated heterocycles. The van der Waals surface area contributed by atoms with Gasteiger partial charge in [-0.1, -0.05) is 6.07 Å². The maximum Gasteiger partial charge on any atom is 0.416 e. The minimum Gasteiger partial charge on any atom is -0.493 e. The SMILES string of the molecule is COc1cc2ncnc(N3CCN(C(=S)Nc4cccc(C(F)(F)F)c4)CC3)c2cc1OC. The Morgan fingerprint density at radius 3 is 2.36 bits per heavy atom. The molecule has 1 aliphatic heterocycles. The van der Waals surface area contributed by atoms with E-state index in [1.807, 2.05) is 17.0 Å². The molecule has 0 atom stereocenters. The van der Waals surface area contributed by atoms with E-state index in [4.69, 9.17) is 21.7 Å². The van der Waals surface area contributed by atoms with Crippen molar-refractivity contribution in [2.24, 2.45) is 0 Å². The Hall–Kier alpha value is -3.34. The molecule has 0 aliphatic carbocycles. The van der Waals surface area contributed by atoms with Crippen LogP contribution in [0.1, 0.15) is 5.56 Å². The molecule has 7 nitrogen and oxygen atoms in total. The van der Waals surface area contributed by atoms with E-state index in [2.05, 4.69) is 20.2 Å². The monoisotopic (exact) mass is 477 g/mol. The Labute approximate surface area is 194 Å². The summed E-state index contributed by atoms with van der Waals surface area (Å²) in [6.45, 7) is 2.43. The van der Waals surface area contributed by atoms with Crippen LogP contribution in [-0.4, -0.2) is 60.4 Å². The van der Waals surface area contributed by atoms with Gasteiger partial charge in [-0.05, 0) is 36.5 Å². The smallest absolute Gasteiger partial charge is 0.416 e. The molecule has 1 aliphatic rings. The van der Waals surface area contributed by atoms with Crippen molar-refractivity contribution in [1.82, 2.24) is 14.9 Å². The Kier molecular flexibility index (Phi) is 6.41. The summed E-state index contributed by atoms with van der Waals surface area (Å²) in [7, 11) is 3.14. The van der Waals surface area contributed by atoms with Crippen LogP contribution in [0.2, 0.25) is 0 Å². The molecule has 0 spiro atoms. The third-order valence-corrected chi connectivity index (χ3v) is 5.79. The molecule has 4 rings (SSSR count). The lowest BCUT2D eigenvalue weighted by Crippen LogP contribution is -2.50. The normalized spacial score (nSPS) is 14.3. The average Bonchev–Trinajstić information content (AvgIpc) is 2.82. The fraction of sp³-hybridized carbons (Fsp3) is 0.318. The van der Waals surface area contributed by atoms with Crippen LogP contribution in [0.4, 0.5) is 24.7 Å². The number of piperazine rings is 1. The van der Waals surface area contributed by atoms with Gasteiger partial charge in [0.15, 0.2) is 16.6 Å². The number of anilines is 2. The van der Waals surface area contributed by atoms with Gasteiger partial charge in [0.2, 0.25) is 0 Å². The average molecular weight is 478 g/mol. The lowest BCUT2D eigenvalue weighted by Gasteiger charge is -2.37. The molecule has 0 saturated carbocycles. The number of rotatable bonds is 4. The zero-order chi connectivity index (χ0) is 23.6. The van der Waals surface area contributed by atoms with Crippen LogP contribution in [-0.2, 0) is 6.18 Å². The maximum absolute atomic E-state index is 13.0. The second-order valence-electron chi connectivity index (χ2n) is 7.40. The van der Waals surface area contributed by atoms with E-state index in [1.165, 1.54) is 12.4 Å². The second kappa shape index (κ2) is 9.26. The predicted molar refractivity (Wildman–Crippen MR) is 124 cm³/mol. The number of aromatic nitrogens is 2. The molecule has 1 aromatic heterocycles. The first-order valence-electron chi connectivity index (χ1n) is 10.1. The van der Waals surface area contributed by atoms with Gasteiger partial charge in [-0.15, -0.1) is 0 Å². The second-order valence-corrected chi connectivity index (χ2v) is 7.79. The van der Waals surface area contributed by atoms with Gasteiger partial charge in [0.25, 0.3) is 0 Å². The van der Waals surface area contributed by atoms with Crippen molar-refractivity contribution in [1.29, 1.82) is 0 Å². The number of hydrogen-bond acceptors (Lipinski definition) is 6. The summed E-state index contributed by atoms with van der Waals surface area (Å²) in [5, 5.41) is 4.14. The molecule has 2 aromatic carbocycles. The maximum atomic E-state index is 13.0. The molecule has 0 bridgehead atoms. The van der Waals surface area contributed by atoms with E-state index in [-0.39, 0.29) is 0 Å². The van der Waals surface area contributed by atoms with Crippen molar-refractivity contribution < 1.29 is 22.6 Å². The third-order valence-electron chi connectivity index (χ3n) is 5.43. The van der Waals surface area contributed by atoms with Crippen LogP contribution in [0.3, 0.4) is 0 Å². The first kappa shape index (κ1) is 22.8. The largest absolute Gasteiger partial charge is 0.493 e. The van der Waals surface area contributed by atoms with Crippen LogP contribution in [0.25, 0.3) is 10.9 Å². The third kappa shape index (κ3) is 4.87. The number of ether oxygens (including phenoxy) is 2. The van der Waals surface area contributed by atoms with Gasteiger partial charge in [-0.2, -0.15) is 13.2 Å². The topological polar surface area (TPSA) is 62.8 Å². The van der Waals surface area contributed by atoms with Crippen molar-refractivity contribution in [2.45, 2.75) is 6.18 Å². The zero-order valence-corrected chi connectivity index (χ0v) is 18.8. The molecule has 1 fully saturated rings. The Bertz CT molecular complexity index is 1170. The molecule has 1 N–H and O–H groups in total. The van der Waals surface area contributed by atoms with Crippen molar-refractivity contribution >= 4 is 39.7 Å². The molecular formula is C22H22F3N5O2S. The molecule has 33 heavy (non-hydrogen) atoms. The van der Waals surface area contributed by atoms with Crippen LogP contribution < -0.4 is 19.7 Å². The lowest BCUT2D eigenvalue weighted by atomic mass is 10.2. The minimum atomic E-state index is -4.40. The summed E-state index contributed by atoms with van der Waals surface area (Å²) >= 11 is 5.44. The molecule has 11 heteroatoms. The zero-order valence-electron chi connectivity index (χ0n) is 18.0. The van der Waals surface area contributed by atoms with Crippen LogP contribution in [0.5, 0.6) is 11.5 Å². The van der Waals surface area contributed by atoms with E-state index in [9.17, 15) is 13.2 Å². The van der Waals surface area contributed by atoms with E-state index < -0.39 is 11.7 Å². The lowest BCUT2D eigenvalue weighted by molar-refractivity contribution is -0.137. The number of nitrogens with one attached hydrogen (secondary N) is 1. The number of thiocarbonyl (C=S) groups is 1. The number of fused-ring (bicyclic) bond motifs is 1. The van der Waals surface area contributed by atoms with Crippen molar-refractivity contribution in [3.05, 3.63) is 48.3 Å². The predicted octanol–water partition coefficient (Wildman–Crippen LogP) is 4.18. The van der Waals surface area contributed by atoms with Crippen molar-refractivity contribution in [2.75, 3.05) is 50.6 Å². The van der Waals surface area contributed by atoms with Crippen LogP contribution in [0, 0.1) is 0 Å². The first-order chi connectivity index (χ1) is 15.8. The molecule has 3 aromatic rings. The number of halogens is 3. The van der Waals surface area contributed by atoms with E-state index >= 15 is 0 Å². The molecular weight excluding hydrogens is 455 g/mol. The molecule has 0 radical (unpaired) electrons. The Balaban J connectivity index is 1.46. The number of nitrogens with zero attached hydrogens (tertiary/aromatic N) is 4. The highest BCUT2D eigenvalue weighted by Crippen LogP contribution is 2.35. The number of methoxy groups -OCH3 is 2. The molecule has 174 valence electrons. The van der Waals surface area contributed by atoms with Gasteiger partial charge >= 0.3 is 6.18 Å². The Morgan fingerprint density at radius 2 is 1.70 bits per heavy atom. The van der Waals surface area contributed by atoms with E-state index in [0.717, 1.165) is 28.9 Å². The number of benzene rings is 2. The Morgan fingerprint density at radius 1 is 1.00 bits per heavy atom. The van der Waals surface area contributed by atoms with Gasteiger partial charge in [0.05, 0.1) is 25.3 Å². The first-order valence-corrected chi connectivity index (χ1v) is 10.6.